The second-order valence-corrected chi connectivity index (χ2v) is 7.70. The first-order chi connectivity index (χ1) is 8.98. The van der Waals surface area contributed by atoms with Gasteiger partial charge >= 0.3 is 0 Å². The molecular weight excluding hydrogens is 232 g/mol. The molecule has 4 atom stereocenters. The van der Waals surface area contributed by atoms with Gasteiger partial charge in [-0.2, -0.15) is 0 Å². The van der Waals surface area contributed by atoms with Crippen LogP contribution in [0.25, 0.3) is 0 Å². The van der Waals surface area contributed by atoms with Gasteiger partial charge in [0.25, 0.3) is 0 Å². The van der Waals surface area contributed by atoms with Gasteiger partial charge in [0.2, 0.25) is 0 Å². The Morgan fingerprint density at radius 3 is 2.58 bits per heavy atom. The van der Waals surface area contributed by atoms with E-state index in [-0.39, 0.29) is 0 Å². The van der Waals surface area contributed by atoms with E-state index in [1.54, 1.807) is 0 Å². The highest BCUT2D eigenvalue weighted by Crippen LogP contribution is 2.42. The summed E-state index contributed by atoms with van der Waals surface area (Å²) in [6.07, 6.45) is 8.16. The smallest absolute Gasteiger partial charge is 0.0337 e. The first kappa shape index (κ1) is 15.3. The maximum Gasteiger partial charge on any atom is 0.0337 e. The van der Waals surface area contributed by atoms with E-state index >= 15 is 0 Å². The Morgan fingerprint density at radius 2 is 2.00 bits per heavy atom. The third kappa shape index (κ3) is 3.16. The lowest BCUT2D eigenvalue weighted by Crippen LogP contribution is -2.61. The fourth-order valence-electron chi connectivity index (χ4n) is 4.63. The van der Waals surface area contributed by atoms with E-state index in [0.29, 0.717) is 5.54 Å². The van der Waals surface area contributed by atoms with Gasteiger partial charge in [0.05, 0.1) is 0 Å². The number of hydrogen-bond acceptors (Lipinski definition) is 2. The van der Waals surface area contributed by atoms with Crippen molar-refractivity contribution in [2.45, 2.75) is 77.8 Å². The van der Waals surface area contributed by atoms with E-state index in [9.17, 15) is 0 Å². The van der Waals surface area contributed by atoms with Gasteiger partial charge in [-0.05, 0) is 56.9 Å². The van der Waals surface area contributed by atoms with Crippen LogP contribution in [0, 0.1) is 17.8 Å². The quantitative estimate of drug-likeness (QED) is 0.845. The van der Waals surface area contributed by atoms with Crippen LogP contribution < -0.4 is 5.73 Å². The van der Waals surface area contributed by atoms with Crippen molar-refractivity contribution in [3.63, 3.8) is 0 Å². The monoisotopic (exact) mass is 266 g/mol. The summed E-state index contributed by atoms with van der Waals surface area (Å²) in [5.74, 6) is 2.58. The molecule has 19 heavy (non-hydrogen) atoms. The lowest BCUT2D eigenvalue weighted by atomic mass is 9.69. The molecular formula is C17H34N2. The molecule has 1 saturated heterocycles. The van der Waals surface area contributed by atoms with Crippen molar-refractivity contribution in [1.29, 1.82) is 0 Å². The molecule has 112 valence electrons. The van der Waals surface area contributed by atoms with Gasteiger partial charge in [-0.25, -0.2) is 0 Å². The maximum absolute atomic E-state index is 6.29. The van der Waals surface area contributed by atoms with Crippen molar-refractivity contribution >= 4 is 0 Å². The molecule has 1 heterocycles. The fourth-order valence-corrected chi connectivity index (χ4v) is 4.63. The first-order valence-corrected chi connectivity index (χ1v) is 8.45. The number of nitrogens with zero attached hydrogens (tertiary/aromatic N) is 1. The Morgan fingerprint density at radius 1 is 1.26 bits per heavy atom. The van der Waals surface area contributed by atoms with Gasteiger partial charge in [0.15, 0.2) is 0 Å². The molecule has 0 aromatic heterocycles. The molecule has 0 aromatic carbocycles. The zero-order valence-corrected chi connectivity index (χ0v) is 13.5. The minimum Gasteiger partial charge on any atom is -0.329 e. The SMILES string of the molecule is CC1CCN(C2(CN)CCCC(C(C)C)C2)C(C)C1. The molecule has 2 rings (SSSR count). The number of nitrogens with two attached hydrogens (primary N) is 1. The summed E-state index contributed by atoms with van der Waals surface area (Å²) in [7, 11) is 0. The highest BCUT2D eigenvalue weighted by molar-refractivity contribution is 5.00. The highest BCUT2D eigenvalue weighted by atomic mass is 15.2. The average Bonchev–Trinajstić information content (AvgIpc) is 2.38. The van der Waals surface area contributed by atoms with Gasteiger partial charge in [0.1, 0.15) is 0 Å². The number of rotatable bonds is 3. The summed E-state index contributed by atoms with van der Waals surface area (Å²) in [6.45, 7) is 11.7. The zero-order valence-electron chi connectivity index (χ0n) is 13.5. The zero-order chi connectivity index (χ0) is 14.0. The normalized spacial score (nSPS) is 41.7. The molecule has 0 amide bonds. The largest absolute Gasteiger partial charge is 0.329 e. The van der Waals surface area contributed by atoms with Crippen molar-refractivity contribution in [2.24, 2.45) is 23.5 Å². The minimum atomic E-state index is 0.312. The Labute approximate surface area is 120 Å². The molecule has 0 bridgehead atoms. The number of piperidine rings is 1. The van der Waals surface area contributed by atoms with Crippen LogP contribution in [0.1, 0.15) is 66.2 Å². The summed E-state index contributed by atoms with van der Waals surface area (Å²) in [5.41, 5.74) is 6.60. The molecule has 0 aromatic rings. The second-order valence-electron chi connectivity index (χ2n) is 7.70. The van der Waals surface area contributed by atoms with Crippen LogP contribution in [-0.2, 0) is 0 Å². The van der Waals surface area contributed by atoms with Crippen molar-refractivity contribution in [2.75, 3.05) is 13.1 Å². The topological polar surface area (TPSA) is 29.3 Å². The molecule has 2 heteroatoms. The molecule has 0 spiro atoms. The van der Waals surface area contributed by atoms with Gasteiger partial charge in [-0.3, -0.25) is 4.90 Å². The predicted octanol–water partition coefficient (Wildman–Crippen LogP) is 3.65. The van der Waals surface area contributed by atoms with Crippen LogP contribution in [0.2, 0.25) is 0 Å². The van der Waals surface area contributed by atoms with Crippen LogP contribution in [-0.4, -0.2) is 29.6 Å². The lowest BCUT2D eigenvalue weighted by Gasteiger charge is -2.53. The summed E-state index contributed by atoms with van der Waals surface area (Å²) < 4.78 is 0. The van der Waals surface area contributed by atoms with Crippen LogP contribution in [0.15, 0.2) is 0 Å². The maximum atomic E-state index is 6.29. The number of likely N-dealkylation sites (tertiary alicyclic amines) is 1. The van der Waals surface area contributed by atoms with Crippen molar-refractivity contribution in [3.8, 4) is 0 Å². The Hall–Kier alpha value is -0.0800. The van der Waals surface area contributed by atoms with E-state index in [1.165, 1.54) is 45.1 Å². The molecule has 1 saturated carbocycles. The summed E-state index contributed by atoms with van der Waals surface area (Å²) in [4.78, 5) is 2.79. The summed E-state index contributed by atoms with van der Waals surface area (Å²) in [5, 5.41) is 0. The third-order valence-corrected chi connectivity index (χ3v) is 5.93. The third-order valence-electron chi connectivity index (χ3n) is 5.93. The molecule has 2 N–H and O–H groups in total. The van der Waals surface area contributed by atoms with E-state index in [0.717, 1.165) is 30.3 Å². The van der Waals surface area contributed by atoms with E-state index in [2.05, 4.69) is 32.6 Å². The van der Waals surface area contributed by atoms with Crippen LogP contribution in [0.5, 0.6) is 0 Å². The van der Waals surface area contributed by atoms with E-state index in [4.69, 9.17) is 5.73 Å². The van der Waals surface area contributed by atoms with E-state index < -0.39 is 0 Å². The first-order valence-electron chi connectivity index (χ1n) is 8.45. The lowest BCUT2D eigenvalue weighted by molar-refractivity contribution is -0.0273. The molecule has 2 fully saturated rings. The molecule has 4 unspecified atom stereocenters. The van der Waals surface area contributed by atoms with Crippen LogP contribution >= 0.6 is 0 Å². The Balaban J connectivity index is 2.12. The standard InChI is InChI=1S/C17H34N2/c1-13(2)16-6-5-8-17(11-16,12-18)19-9-7-14(3)10-15(19)4/h13-16H,5-12,18H2,1-4H3. The highest BCUT2D eigenvalue weighted by Gasteiger charge is 2.43. The van der Waals surface area contributed by atoms with Gasteiger partial charge in [-0.15, -0.1) is 0 Å². The Bertz CT molecular complexity index is 289. The van der Waals surface area contributed by atoms with Gasteiger partial charge in [-0.1, -0.05) is 33.6 Å². The van der Waals surface area contributed by atoms with Crippen molar-refractivity contribution in [1.82, 2.24) is 4.90 Å². The summed E-state index contributed by atoms with van der Waals surface area (Å²) >= 11 is 0. The van der Waals surface area contributed by atoms with Crippen LogP contribution in [0.4, 0.5) is 0 Å². The number of hydrogen-bond donors (Lipinski definition) is 1. The van der Waals surface area contributed by atoms with Gasteiger partial charge in [0, 0.05) is 18.1 Å². The second kappa shape index (κ2) is 6.13. The minimum absolute atomic E-state index is 0.312. The van der Waals surface area contributed by atoms with Crippen molar-refractivity contribution < 1.29 is 0 Å². The molecule has 2 aliphatic rings. The predicted molar refractivity (Wildman–Crippen MR) is 83.1 cm³/mol. The van der Waals surface area contributed by atoms with Crippen molar-refractivity contribution in [3.05, 3.63) is 0 Å². The average molecular weight is 266 g/mol. The molecule has 0 radical (unpaired) electrons. The van der Waals surface area contributed by atoms with E-state index in [1.807, 2.05) is 0 Å². The molecule has 1 aliphatic carbocycles. The fraction of sp³-hybridized carbons (Fsp3) is 1.00. The van der Waals surface area contributed by atoms with Crippen LogP contribution in [0.3, 0.4) is 0 Å². The Kier molecular flexibility index (Phi) is 4.94. The van der Waals surface area contributed by atoms with Gasteiger partial charge < -0.3 is 5.73 Å². The summed E-state index contributed by atoms with van der Waals surface area (Å²) in [6, 6.07) is 0.721. The molecule has 1 aliphatic heterocycles. The molecule has 2 nitrogen and oxygen atoms in total.